The van der Waals surface area contributed by atoms with Gasteiger partial charge < -0.3 is 21.3 Å². The van der Waals surface area contributed by atoms with Gasteiger partial charge in [-0.3, -0.25) is 4.79 Å². The minimum absolute atomic E-state index is 0.0262. The Morgan fingerprint density at radius 3 is 2.70 bits per heavy atom. The van der Waals surface area contributed by atoms with Crippen molar-refractivity contribution in [2.45, 2.75) is 31.7 Å². The van der Waals surface area contributed by atoms with E-state index >= 15 is 0 Å². The number of carbonyl (C=O) groups excluding carboxylic acids is 1. The largest absolute Gasteiger partial charge is 0.508 e. The average Bonchev–Trinajstić information content (AvgIpc) is 2.40. The fourth-order valence-corrected chi connectivity index (χ4v) is 2.52. The molecule has 1 aliphatic carbocycles. The van der Waals surface area contributed by atoms with E-state index in [2.05, 4.69) is 5.32 Å². The standard InChI is InChI=1S/C14H18N2O4/c15-9-3-1-2-8(6-9)13(18)16-12-5-4-10(17)7-11(12)14(19)20/h4-5,7-9,17H,1-3,6,15H2,(H,16,18)(H,19,20). The molecule has 0 bridgehead atoms. The Kier molecular flexibility index (Phi) is 4.24. The molecule has 0 aliphatic heterocycles. The van der Waals surface area contributed by atoms with Crippen LogP contribution < -0.4 is 11.1 Å². The van der Waals surface area contributed by atoms with E-state index in [4.69, 9.17) is 10.8 Å². The highest BCUT2D eigenvalue weighted by molar-refractivity contribution is 6.01. The van der Waals surface area contributed by atoms with E-state index in [-0.39, 0.29) is 34.9 Å². The highest BCUT2D eigenvalue weighted by atomic mass is 16.4. The zero-order chi connectivity index (χ0) is 14.7. The van der Waals surface area contributed by atoms with Gasteiger partial charge in [0.2, 0.25) is 5.91 Å². The van der Waals surface area contributed by atoms with E-state index < -0.39 is 5.97 Å². The molecule has 2 unspecified atom stereocenters. The zero-order valence-electron chi connectivity index (χ0n) is 11.0. The molecule has 0 saturated heterocycles. The van der Waals surface area contributed by atoms with E-state index in [1.165, 1.54) is 12.1 Å². The van der Waals surface area contributed by atoms with Gasteiger partial charge in [-0.1, -0.05) is 6.42 Å². The Morgan fingerprint density at radius 2 is 2.05 bits per heavy atom. The fraction of sp³-hybridized carbons (Fsp3) is 0.429. The summed E-state index contributed by atoms with van der Waals surface area (Å²) in [5.41, 5.74) is 5.91. The number of aromatic carboxylic acids is 1. The Bertz CT molecular complexity index is 530. The second-order valence-electron chi connectivity index (χ2n) is 5.15. The lowest BCUT2D eigenvalue weighted by atomic mass is 9.85. The summed E-state index contributed by atoms with van der Waals surface area (Å²) in [6, 6.07) is 3.87. The van der Waals surface area contributed by atoms with Crippen LogP contribution >= 0.6 is 0 Å². The summed E-state index contributed by atoms with van der Waals surface area (Å²) in [4.78, 5) is 23.3. The number of phenolic OH excluding ortho intramolecular Hbond substituents is 1. The summed E-state index contributed by atoms with van der Waals surface area (Å²) in [5, 5.41) is 21.0. The highest BCUT2D eigenvalue weighted by Crippen LogP contribution is 2.26. The van der Waals surface area contributed by atoms with Crippen molar-refractivity contribution in [2.75, 3.05) is 5.32 Å². The van der Waals surface area contributed by atoms with Gasteiger partial charge in [0.05, 0.1) is 11.3 Å². The molecule has 108 valence electrons. The molecule has 0 heterocycles. The van der Waals surface area contributed by atoms with E-state index in [0.717, 1.165) is 25.3 Å². The molecule has 1 aromatic rings. The molecule has 0 aromatic heterocycles. The first-order valence-corrected chi connectivity index (χ1v) is 6.60. The molecular weight excluding hydrogens is 260 g/mol. The average molecular weight is 278 g/mol. The Labute approximate surface area is 116 Å². The van der Waals surface area contributed by atoms with Crippen molar-refractivity contribution >= 4 is 17.6 Å². The summed E-state index contributed by atoms with van der Waals surface area (Å²) < 4.78 is 0. The molecule has 2 atom stereocenters. The van der Waals surface area contributed by atoms with Gasteiger partial charge in [-0.15, -0.1) is 0 Å². The molecule has 1 saturated carbocycles. The van der Waals surface area contributed by atoms with Gasteiger partial charge in [-0.25, -0.2) is 4.79 Å². The lowest BCUT2D eigenvalue weighted by Crippen LogP contribution is -2.34. The molecule has 1 amide bonds. The topological polar surface area (TPSA) is 113 Å². The first-order chi connectivity index (χ1) is 9.47. The number of carbonyl (C=O) groups is 2. The maximum Gasteiger partial charge on any atom is 0.337 e. The molecule has 6 heteroatoms. The number of hydrogen-bond acceptors (Lipinski definition) is 4. The van der Waals surface area contributed by atoms with Crippen molar-refractivity contribution in [3.63, 3.8) is 0 Å². The van der Waals surface area contributed by atoms with Crippen LogP contribution in [0, 0.1) is 5.92 Å². The molecule has 5 N–H and O–H groups in total. The quantitative estimate of drug-likeness (QED) is 0.626. The van der Waals surface area contributed by atoms with Crippen molar-refractivity contribution in [2.24, 2.45) is 11.7 Å². The number of aromatic hydroxyl groups is 1. The molecule has 1 aromatic carbocycles. The van der Waals surface area contributed by atoms with Gasteiger partial charge in [0.15, 0.2) is 0 Å². The van der Waals surface area contributed by atoms with Gasteiger partial charge in [-0.2, -0.15) is 0 Å². The van der Waals surface area contributed by atoms with Crippen molar-refractivity contribution in [1.82, 2.24) is 0 Å². The van der Waals surface area contributed by atoms with Crippen LogP contribution in [0.3, 0.4) is 0 Å². The van der Waals surface area contributed by atoms with Crippen molar-refractivity contribution in [3.8, 4) is 5.75 Å². The smallest absolute Gasteiger partial charge is 0.337 e. The summed E-state index contributed by atoms with van der Waals surface area (Å²) >= 11 is 0. The van der Waals surface area contributed by atoms with Gasteiger partial charge in [0, 0.05) is 12.0 Å². The van der Waals surface area contributed by atoms with Crippen LogP contribution in [-0.2, 0) is 4.79 Å². The van der Waals surface area contributed by atoms with Crippen LogP contribution in [0.1, 0.15) is 36.0 Å². The molecule has 1 fully saturated rings. The number of benzene rings is 1. The van der Waals surface area contributed by atoms with Crippen LogP contribution in [-0.4, -0.2) is 28.1 Å². The molecule has 2 rings (SSSR count). The molecule has 6 nitrogen and oxygen atoms in total. The zero-order valence-corrected chi connectivity index (χ0v) is 11.0. The van der Waals surface area contributed by atoms with Crippen LogP contribution in [0.2, 0.25) is 0 Å². The maximum absolute atomic E-state index is 12.2. The number of hydrogen-bond donors (Lipinski definition) is 4. The summed E-state index contributed by atoms with van der Waals surface area (Å²) in [5.74, 6) is -1.75. The first kappa shape index (κ1) is 14.3. The number of anilines is 1. The van der Waals surface area contributed by atoms with Gasteiger partial charge in [-0.05, 0) is 37.5 Å². The molecule has 0 spiro atoms. The van der Waals surface area contributed by atoms with E-state index in [1.807, 2.05) is 0 Å². The number of phenols is 1. The van der Waals surface area contributed by atoms with Crippen LogP contribution in [0.4, 0.5) is 5.69 Å². The lowest BCUT2D eigenvalue weighted by Gasteiger charge is -2.25. The predicted octanol–water partition coefficient (Wildman–Crippen LogP) is 1.55. The SMILES string of the molecule is NC1CCCC(C(=O)Nc2ccc(O)cc2C(=O)O)C1. The summed E-state index contributed by atoms with van der Waals surface area (Å²) in [7, 11) is 0. The summed E-state index contributed by atoms with van der Waals surface area (Å²) in [6.45, 7) is 0. The van der Waals surface area contributed by atoms with Gasteiger partial charge >= 0.3 is 5.97 Å². The predicted molar refractivity (Wildman–Crippen MR) is 73.6 cm³/mol. The summed E-state index contributed by atoms with van der Waals surface area (Å²) in [6.07, 6.45) is 3.20. The molecule has 0 radical (unpaired) electrons. The lowest BCUT2D eigenvalue weighted by molar-refractivity contribution is -0.120. The maximum atomic E-state index is 12.2. The van der Waals surface area contributed by atoms with Crippen molar-refractivity contribution < 1.29 is 19.8 Å². The van der Waals surface area contributed by atoms with E-state index in [0.29, 0.717) is 6.42 Å². The van der Waals surface area contributed by atoms with Gasteiger partial charge in [0.1, 0.15) is 5.75 Å². The minimum Gasteiger partial charge on any atom is -0.508 e. The molecule has 1 aliphatic rings. The number of nitrogens with one attached hydrogen (secondary N) is 1. The van der Waals surface area contributed by atoms with E-state index in [1.54, 1.807) is 0 Å². The Balaban J connectivity index is 2.13. The second-order valence-corrected chi connectivity index (χ2v) is 5.15. The third-order valence-corrected chi connectivity index (χ3v) is 3.58. The highest BCUT2D eigenvalue weighted by Gasteiger charge is 2.26. The number of carboxylic acids is 1. The number of carboxylic acid groups (broad SMARTS) is 1. The Morgan fingerprint density at radius 1 is 1.30 bits per heavy atom. The fourth-order valence-electron chi connectivity index (χ4n) is 2.52. The molecular formula is C14H18N2O4. The second kappa shape index (κ2) is 5.92. The molecule has 20 heavy (non-hydrogen) atoms. The number of rotatable bonds is 3. The van der Waals surface area contributed by atoms with Gasteiger partial charge in [0.25, 0.3) is 0 Å². The number of amides is 1. The third-order valence-electron chi connectivity index (χ3n) is 3.58. The minimum atomic E-state index is -1.20. The van der Waals surface area contributed by atoms with Crippen molar-refractivity contribution in [3.05, 3.63) is 23.8 Å². The van der Waals surface area contributed by atoms with Crippen LogP contribution in [0.15, 0.2) is 18.2 Å². The first-order valence-electron chi connectivity index (χ1n) is 6.60. The number of nitrogens with two attached hydrogens (primary N) is 1. The van der Waals surface area contributed by atoms with Crippen LogP contribution in [0.25, 0.3) is 0 Å². The van der Waals surface area contributed by atoms with E-state index in [9.17, 15) is 14.7 Å². The normalized spacial score (nSPS) is 22.2. The van der Waals surface area contributed by atoms with Crippen LogP contribution in [0.5, 0.6) is 5.75 Å². The Hall–Kier alpha value is -2.08. The third kappa shape index (κ3) is 3.27. The van der Waals surface area contributed by atoms with Crippen molar-refractivity contribution in [1.29, 1.82) is 0 Å². The monoisotopic (exact) mass is 278 g/mol.